The van der Waals surface area contributed by atoms with E-state index in [1.165, 1.54) is 11.8 Å². The smallest absolute Gasteiger partial charge is 0.171 e. The number of ether oxygens (including phenoxy) is 2. The Morgan fingerprint density at radius 3 is 2.07 bits per heavy atom. The Hall–Kier alpha value is -0.730. The van der Waals surface area contributed by atoms with Crippen molar-refractivity contribution >= 4 is 91.9 Å². The average molecular weight is 648 g/mol. The number of thioether (sulfide) groups is 1. The van der Waals surface area contributed by atoms with Gasteiger partial charge in [-0.1, -0.05) is 0 Å². The highest BCUT2D eigenvalue weighted by Crippen LogP contribution is 2.48. The van der Waals surface area contributed by atoms with Crippen molar-refractivity contribution < 1.29 is 9.47 Å². The molecule has 0 unspecified atom stereocenters. The molecule has 0 radical (unpaired) electrons. The molecule has 0 bridgehead atoms. The molecule has 0 fully saturated rings. The van der Waals surface area contributed by atoms with Gasteiger partial charge in [-0.25, -0.2) is 4.99 Å². The van der Waals surface area contributed by atoms with E-state index < -0.39 is 0 Å². The first-order valence-corrected chi connectivity index (χ1v) is 11.2. The normalized spacial score (nSPS) is 17.7. The maximum Gasteiger partial charge on any atom is 0.171 e. The van der Waals surface area contributed by atoms with Gasteiger partial charge in [-0.2, -0.15) is 0 Å². The summed E-state index contributed by atoms with van der Waals surface area (Å²) in [5.74, 6) is 1.75. The van der Waals surface area contributed by atoms with E-state index in [-0.39, 0.29) is 24.1 Å². The minimum atomic E-state index is 0. The fourth-order valence-electron chi connectivity index (χ4n) is 3.03. The topological polar surface area (TPSA) is 93.8 Å². The van der Waals surface area contributed by atoms with Crippen LogP contribution in [0.2, 0.25) is 0 Å². The molecule has 1 aromatic carbocycles. The fraction of sp³-hybridized carbons (Fsp3) is 0.353. The Balaban J connectivity index is 0.00000280. The standard InChI is InChI=1S/C17H19I2N5O2S.ClH/c1-5-24(6-2)17-23-16(21)14(27-17)11-7-8(15(20)22-11)13(26-4)10(19)9(18)12(7)25-3;/h21H,5-6H2,1-4H3,(H2,20,22);1H. The zero-order valence-electron chi connectivity index (χ0n) is 15.7. The van der Waals surface area contributed by atoms with E-state index in [1.54, 1.807) is 14.2 Å². The monoisotopic (exact) mass is 647 g/mol. The van der Waals surface area contributed by atoms with Crippen LogP contribution in [0.3, 0.4) is 0 Å². The molecule has 1 aromatic rings. The number of hydrogen-bond donors (Lipinski definition) is 3. The number of fused-ring (bicyclic) bond motifs is 1. The Labute approximate surface area is 201 Å². The molecule has 2 aliphatic rings. The fourth-order valence-corrected chi connectivity index (χ4v) is 5.61. The molecular formula is C17H20ClI2N5O2S. The third kappa shape index (κ3) is 3.72. The number of methoxy groups -OCH3 is 2. The molecule has 7 nitrogen and oxygen atoms in total. The molecular weight excluding hydrogens is 628 g/mol. The maximum atomic E-state index is 8.47. The van der Waals surface area contributed by atoms with Gasteiger partial charge in [0.05, 0.1) is 43.1 Å². The highest BCUT2D eigenvalue weighted by molar-refractivity contribution is 14.1. The second-order valence-electron chi connectivity index (χ2n) is 5.67. The predicted molar refractivity (Wildman–Crippen MR) is 135 cm³/mol. The van der Waals surface area contributed by atoms with Gasteiger partial charge in [0.2, 0.25) is 0 Å². The molecule has 0 aromatic heterocycles. The van der Waals surface area contributed by atoms with E-state index in [9.17, 15) is 0 Å². The minimum Gasteiger partial charge on any atom is -0.495 e. The van der Waals surface area contributed by atoms with Gasteiger partial charge in [0, 0.05) is 13.1 Å². The van der Waals surface area contributed by atoms with Crippen LogP contribution >= 0.6 is 69.4 Å². The number of nitrogens with zero attached hydrogens (tertiary/aromatic N) is 2. The van der Waals surface area contributed by atoms with Crippen LogP contribution in [0.4, 0.5) is 0 Å². The van der Waals surface area contributed by atoms with Crippen LogP contribution in [0.5, 0.6) is 11.5 Å². The van der Waals surface area contributed by atoms with Crippen LogP contribution in [-0.2, 0) is 0 Å². The van der Waals surface area contributed by atoms with E-state index in [0.717, 1.165) is 31.0 Å². The molecule has 0 saturated carbocycles. The summed E-state index contributed by atoms with van der Waals surface area (Å²) in [7, 11) is 3.22. The van der Waals surface area contributed by atoms with Gasteiger partial charge in [-0.3, -0.25) is 10.8 Å². The second-order valence-corrected chi connectivity index (χ2v) is 8.80. The van der Waals surface area contributed by atoms with E-state index in [4.69, 9.17) is 20.3 Å². The molecule has 0 aliphatic carbocycles. The molecule has 2 aliphatic heterocycles. The summed E-state index contributed by atoms with van der Waals surface area (Å²) in [4.78, 5) is 7.24. The molecule has 3 N–H and O–H groups in total. The van der Waals surface area contributed by atoms with Crippen molar-refractivity contribution in [3.8, 4) is 11.5 Å². The number of amidine groups is 3. The van der Waals surface area contributed by atoms with E-state index in [2.05, 4.69) is 74.2 Å². The van der Waals surface area contributed by atoms with Crippen LogP contribution in [0.15, 0.2) is 9.90 Å². The lowest BCUT2D eigenvalue weighted by atomic mass is 10.0. The molecule has 0 amide bonds. The first-order chi connectivity index (χ1) is 12.9. The minimum absolute atomic E-state index is 0. The van der Waals surface area contributed by atoms with Gasteiger partial charge < -0.3 is 19.7 Å². The Kier molecular flexibility index (Phi) is 7.90. The van der Waals surface area contributed by atoms with Gasteiger partial charge in [0.25, 0.3) is 0 Å². The van der Waals surface area contributed by atoms with Crippen molar-refractivity contribution in [2.75, 3.05) is 27.3 Å². The van der Waals surface area contributed by atoms with E-state index in [0.29, 0.717) is 27.7 Å². The number of benzene rings is 1. The van der Waals surface area contributed by atoms with Crippen molar-refractivity contribution in [3.05, 3.63) is 23.2 Å². The molecule has 11 heteroatoms. The summed E-state index contributed by atoms with van der Waals surface area (Å²) >= 11 is 5.89. The third-order valence-electron chi connectivity index (χ3n) is 4.33. The summed E-state index contributed by atoms with van der Waals surface area (Å²) in [5, 5.41) is 20.8. The summed E-state index contributed by atoms with van der Waals surface area (Å²) < 4.78 is 13.1. The zero-order chi connectivity index (χ0) is 19.9. The Morgan fingerprint density at radius 1 is 1.04 bits per heavy atom. The number of rotatable bonds is 4. The van der Waals surface area contributed by atoms with Crippen molar-refractivity contribution in [1.82, 2.24) is 10.2 Å². The van der Waals surface area contributed by atoms with E-state index >= 15 is 0 Å². The second kappa shape index (κ2) is 9.39. The van der Waals surface area contributed by atoms with Crippen molar-refractivity contribution in [2.24, 2.45) is 4.99 Å². The number of hydrogen-bond acceptors (Lipinski definition) is 6. The maximum absolute atomic E-state index is 8.47. The molecule has 0 saturated heterocycles. The molecule has 3 rings (SSSR count). The van der Waals surface area contributed by atoms with Crippen LogP contribution in [0.25, 0.3) is 5.70 Å². The van der Waals surface area contributed by atoms with Crippen molar-refractivity contribution in [1.29, 1.82) is 10.8 Å². The zero-order valence-corrected chi connectivity index (χ0v) is 21.6. The number of halogens is 3. The summed E-state index contributed by atoms with van der Waals surface area (Å²) in [6, 6.07) is 0. The van der Waals surface area contributed by atoms with Crippen LogP contribution < -0.4 is 14.8 Å². The highest BCUT2D eigenvalue weighted by Gasteiger charge is 2.37. The SMILES string of the molecule is CCN(CC)C1=NC(=N)C(=C2NC(=N)c3c(OC)c(I)c(I)c(OC)c32)S1.Cl. The predicted octanol–water partition coefficient (Wildman–Crippen LogP) is 4.35. The first-order valence-electron chi connectivity index (χ1n) is 8.23. The third-order valence-corrected chi connectivity index (χ3v) is 8.55. The molecule has 152 valence electrons. The lowest BCUT2D eigenvalue weighted by Gasteiger charge is -2.19. The molecule has 0 atom stereocenters. The summed E-state index contributed by atoms with van der Waals surface area (Å²) in [5.41, 5.74) is 2.10. The quantitative estimate of drug-likeness (QED) is 0.423. The van der Waals surface area contributed by atoms with Gasteiger partial charge >= 0.3 is 0 Å². The van der Waals surface area contributed by atoms with Crippen LogP contribution in [-0.4, -0.2) is 49.0 Å². The van der Waals surface area contributed by atoms with Crippen molar-refractivity contribution in [3.63, 3.8) is 0 Å². The number of aliphatic imine (C=N–C) groups is 1. The van der Waals surface area contributed by atoms with Crippen LogP contribution in [0, 0.1) is 18.0 Å². The van der Waals surface area contributed by atoms with Gasteiger partial charge in [-0.05, 0) is 70.8 Å². The lowest BCUT2D eigenvalue weighted by Crippen LogP contribution is -2.27. The number of nitrogens with one attached hydrogen (secondary N) is 3. The largest absolute Gasteiger partial charge is 0.495 e. The Bertz CT molecular complexity index is 916. The molecule has 2 heterocycles. The Morgan fingerprint density at radius 2 is 1.57 bits per heavy atom. The summed E-state index contributed by atoms with van der Waals surface area (Å²) in [6.45, 7) is 5.78. The molecule has 28 heavy (non-hydrogen) atoms. The van der Waals surface area contributed by atoms with E-state index in [1.807, 2.05) is 0 Å². The van der Waals surface area contributed by atoms with Gasteiger partial charge in [0.15, 0.2) is 11.0 Å². The lowest BCUT2D eigenvalue weighted by molar-refractivity contribution is 0.396. The van der Waals surface area contributed by atoms with Gasteiger partial charge in [-0.15, -0.1) is 12.4 Å². The van der Waals surface area contributed by atoms with Gasteiger partial charge in [0.1, 0.15) is 17.3 Å². The van der Waals surface area contributed by atoms with Crippen LogP contribution in [0.1, 0.15) is 25.0 Å². The molecule has 0 spiro atoms. The highest BCUT2D eigenvalue weighted by atomic mass is 127. The van der Waals surface area contributed by atoms with Crippen molar-refractivity contribution in [2.45, 2.75) is 13.8 Å². The summed E-state index contributed by atoms with van der Waals surface area (Å²) in [6.07, 6.45) is 0. The first kappa shape index (κ1) is 23.5. The average Bonchev–Trinajstić information content (AvgIpc) is 3.18.